The second-order valence-corrected chi connectivity index (χ2v) is 4.40. The van der Waals surface area contributed by atoms with E-state index >= 15 is 0 Å². The molecule has 0 fully saturated rings. The first-order chi connectivity index (χ1) is 9.63. The van der Waals surface area contributed by atoms with E-state index in [2.05, 4.69) is 16.0 Å². The summed E-state index contributed by atoms with van der Waals surface area (Å²) in [6.45, 7) is 2.57. The van der Waals surface area contributed by atoms with Crippen LogP contribution in [0.2, 0.25) is 0 Å². The molecule has 2 rings (SSSR count). The van der Waals surface area contributed by atoms with Gasteiger partial charge in [-0.3, -0.25) is 0 Å². The van der Waals surface area contributed by atoms with Gasteiger partial charge in [-0.1, -0.05) is 0 Å². The Morgan fingerprint density at radius 3 is 2.45 bits per heavy atom. The van der Waals surface area contributed by atoms with Gasteiger partial charge in [0.05, 0.1) is 6.61 Å². The molecule has 0 spiro atoms. The van der Waals surface area contributed by atoms with Gasteiger partial charge in [-0.15, -0.1) is 0 Å². The Bertz CT molecular complexity index is 629. The number of hydrogen-bond acceptors (Lipinski definition) is 5. The summed E-state index contributed by atoms with van der Waals surface area (Å²) >= 11 is 0. The largest absolute Gasteiger partial charge is 0.494 e. The zero-order chi connectivity index (χ0) is 14.5. The fourth-order valence-corrected chi connectivity index (χ4v) is 1.72. The highest BCUT2D eigenvalue weighted by atomic mass is 16.5. The topological polar surface area (TPSA) is 62.0 Å². The normalized spacial score (nSPS) is 9.90. The minimum atomic E-state index is 0.354. The van der Waals surface area contributed by atoms with Crippen LogP contribution in [0.4, 0.5) is 5.82 Å². The molecule has 0 unspecified atom stereocenters. The molecule has 5 heteroatoms. The molecule has 5 nitrogen and oxygen atoms in total. The molecule has 102 valence electrons. The van der Waals surface area contributed by atoms with Crippen molar-refractivity contribution < 1.29 is 4.74 Å². The van der Waals surface area contributed by atoms with Crippen LogP contribution in [0.25, 0.3) is 11.4 Å². The molecule has 0 aliphatic carbocycles. The Labute approximate surface area is 118 Å². The van der Waals surface area contributed by atoms with Crippen LogP contribution in [-0.4, -0.2) is 30.7 Å². The number of rotatable bonds is 4. The summed E-state index contributed by atoms with van der Waals surface area (Å²) in [6, 6.07) is 11.2. The maximum Gasteiger partial charge on any atom is 0.162 e. The molecule has 0 saturated carbocycles. The third kappa shape index (κ3) is 3.04. The van der Waals surface area contributed by atoms with Gasteiger partial charge in [-0.25, -0.2) is 9.97 Å². The predicted molar refractivity (Wildman–Crippen MR) is 77.7 cm³/mol. The van der Waals surface area contributed by atoms with Crippen LogP contribution in [0.5, 0.6) is 5.75 Å². The van der Waals surface area contributed by atoms with Crippen molar-refractivity contribution in [1.29, 1.82) is 5.26 Å². The number of benzene rings is 1. The maximum absolute atomic E-state index is 9.05. The number of aromatic nitrogens is 2. The molecule has 0 aliphatic heterocycles. The van der Waals surface area contributed by atoms with E-state index in [0.29, 0.717) is 23.9 Å². The van der Waals surface area contributed by atoms with Crippen molar-refractivity contribution in [2.45, 2.75) is 6.92 Å². The molecule has 20 heavy (non-hydrogen) atoms. The summed E-state index contributed by atoms with van der Waals surface area (Å²) in [7, 11) is 3.76. The Morgan fingerprint density at radius 1 is 1.20 bits per heavy atom. The van der Waals surface area contributed by atoms with Gasteiger partial charge in [0.2, 0.25) is 0 Å². The van der Waals surface area contributed by atoms with Gasteiger partial charge in [0.15, 0.2) is 5.82 Å². The molecule has 0 radical (unpaired) electrons. The van der Waals surface area contributed by atoms with E-state index in [1.807, 2.05) is 50.2 Å². The standard InChI is InChI=1S/C15H16N4O/c1-4-20-13-7-5-11(6-8-13)15-17-12(10-16)9-14(18-15)19(2)3/h5-9H,4H2,1-3H3. The average molecular weight is 268 g/mol. The van der Waals surface area contributed by atoms with Crippen molar-refractivity contribution in [3.05, 3.63) is 36.0 Å². The smallest absolute Gasteiger partial charge is 0.162 e. The number of anilines is 1. The molecule has 0 saturated heterocycles. The highest BCUT2D eigenvalue weighted by Crippen LogP contribution is 2.22. The summed E-state index contributed by atoms with van der Waals surface area (Å²) in [5, 5.41) is 9.05. The first-order valence-corrected chi connectivity index (χ1v) is 6.33. The molecular formula is C15H16N4O. The van der Waals surface area contributed by atoms with Gasteiger partial charge in [0.1, 0.15) is 23.3 Å². The fourth-order valence-electron chi connectivity index (χ4n) is 1.72. The van der Waals surface area contributed by atoms with E-state index < -0.39 is 0 Å². The highest BCUT2D eigenvalue weighted by molar-refractivity contribution is 5.59. The summed E-state index contributed by atoms with van der Waals surface area (Å²) in [5.74, 6) is 2.05. The van der Waals surface area contributed by atoms with Crippen LogP contribution in [0.3, 0.4) is 0 Å². The van der Waals surface area contributed by atoms with Gasteiger partial charge in [0.25, 0.3) is 0 Å². The Balaban J connectivity index is 2.41. The van der Waals surface area contributed by atoms with E-state index in [-0.39, 0.29) is 0 Å². The van der Waals surface area contributed by atoms with Crippen molar-refractivity contribution in [2.75, 3.05) is 25.6 Å². The molecule has 0 amide bonds. The van der Waals surface area contributed by atoms with Crippen LogP contribution in [0.15, 0.2) is 30.3 Å². The van der Waals surface area contributed by atoms with Gasteiger partial charge in [-0.05, 0) is 31.2 Å². The van der Waals surface area contributed by atoms with E-state index in [9.17, 15) is 0 Å². The molecule has 0 N–H and O–H groups in total. The molecule has 0 bridgehead atoms. The Morgan fingerprint density at radius 2 is 1.90 bits per heavy atom. The van der Waals surface area contributed by atoms with Gasteiger partial charge in [-0.2, -0.15) is 5.26 Å². The monoisotopic (exact) mass is 268 g/mol. The van der Waals surface area contributed by atoms with Gasteiger partial charge >= 0.3 is 0 Å². The highest BCUT2D eigenvalue weighted by Gasteiger charge is 2.08. The first-order valence-electron chi connectivity index (χ1n) is 6.33. The molecular weight excluding hydrogens is 252 g/mol. The first kappa shape index (κ1) is 13.8. The van der Waals surface area contributed by atoms with E-state index in [1.165, 1.54) is 0 Å². The lowest BCUT2D eigenvalue weighted by Gasteiger charge is -2.12. The number of ether oxygens (including phenoxy) is 1. The zero-order valence-electron chi connectivity index (χ0n) is 11.8. The molecule has 0 aliphatic rings. The van der Waals surface area contributed by atoms with Gasteiger partial charge in [0, 0.05) is 25.7 Å². The van der Waals surface area contributed by atoms with E-state index in [4.69, 9.17) is 10.00 Å². The van der Waals surface area contributed by atoms with Crippen molar-refractivity contribution in [2.24, 2.45) is 0 Å². The third-order valence-electron chi connectivity index (χ3n) is 2.71. The van der Waals surface area contributed by atoms with Crippen molar-refractivity contribution in [3.8, 4) is 23.2 Å². The predicted octanol–water partition coefficient (Wildman–Crippen LogP) is 2.48. The van der Waals surface area contributed by atoms with Crippen LogP contribution >= 0.6 is 0 Å². The lowest BCUT2D eigenvalue weighted by Crippen LogP contribution is -2.12. The van der Waals surface area contributed by atoms with Crippen LogP contribution < -0.4 is 9.64 Å². The number of nitrogens with zero attached hydrogens (tertiary/aromatic N) is 4. The van der Waals surface area contributed by atoms with E-state index in [0.717, 1.165) is 11.3 Å². The quantitative estimate of drug-likeness (QED) is 0.852. The van der Waals surface area contributed by atoms with Crippen molar-refractivity contribution >= 4 is 5.82 Å². The Kier molecular flexibility index (Phi) is 4.16. The molecule has 1 aromatic carbocycles. The molecule has 2 aromatic rings. The average Bonchev–Trinajstić information content (AvgIpc) is 2.47. The SMILES string of the molecule is CCOc1ccc(-c2nc(C#N)cc(N(C)C)n2)cc1. The van der Waals surface area contributed by atoms with Gasteiger partial charge < -0.3 is 9.64 Å². The number of hydrogen-bond donors (Lipinski definition) is 0. The van der Waals surface area contributed by atoms with Crippen molar-refractivity contribution in [3.63, 3.8) is 0 Å². The molecule has 1 aromatic heterocycles. The molecule has 0 atom stereocenters. The van der Waals surface area contributed by atoms with Crippen LogP contribution in [0.1, 0.15) is 12.6 Å². The maximum atomic E-state index is 9.05. The fraction of sp³-hybridized carbons (Fsp3) is 0.267. The minimum absolute atomic E-state index is 0.354. The van der Waals surface area contributed by atoms with Crippen LogP contribution in [0, 0.1) is 11.3 Å². The lowest BCUT2D eigenvalue weighted by molar-refractivity contribution is 0.340. The second kappa shape index (κ2) is 6.02. The Hall–Kier alpha value is -2.61. The third-order valence-corrected chi connectivity index (χ3v) is 2.71. The van der Waals surface area contributed by atoms with Crippen LogP contribution in [-0.2, 0) is 0 Å². The molecule has 1 heterocycles. The van der Waals surface area contributed by atoms with E-state index in [1.54, 1.807) is 6.07 Å². The number of nitriles is 1. The zero-order valence-corrected chi connectivity index (χ0v) is 11.8. The minimum Gasteiger partial charge on any atom is -0.494 e. The summed E-state index contributed by atoms with van der Waals surface area (Å²) in [4.78, 5) is 10.5. The second-order valence-electron chi connectivity index (χ2n) is 4.40. The summed E-state index contributed by atoms with van der Waals surface area (Å²) in [5.41, 5.74) is 1.21. The summed E-state index contributed by atoms with van der Waals surface area (Å²) < 4.78 is 5.40. The summed E-state index contributed by atoms with van der Waals surface area (Å²) in [6.07, 6.45) is 0. The van der Waals surface area contributed by atoms with Crippen molar-refractivity contribution in [1.82, 2.24) is 9.97 Å². The lowest BCUT2D eigenvalue weighted by atomic mass is 10.2.